The summed E-state index contributed by atoms with van der Waals surface area (Å²) < 4.78 is 5.17. The fourth-order valence-electron chi connectivity index (χ4n) is 1.62. The second-order valence-corrected chi connectivity index (χ2v) is 4.26. The molecule has 1 unspecified atom stereocenters. The summed E-state index contributed by atoms with van der Waals surface area (Å²) in [7, 11) is 0. The van der Waals surface area contributed by atoms with Gasteiger partial charge in [-0.3, -0.25) is 4.98 Å². The molecule has 0 bridgehead atoms. The molecular weight excluding hydrogens is 264 g/mol. The third-order valence-electron chi connectivity index (χ3n) is 2.54. The molecule has 0 fully saturated rings. The Morgan fingerprint density at radius 1 is 1.11 bits per heavy atom. The Morgan fingerprint density at radius 3 is 2.68 bits per heavy atom. The molecule has 0 aliphatic carbocycles. The van der Waals surface area contributed by atoms with Crippen molar-refractivity contribution in [1.29, 1.82) is 0 Å². The molecule has 19 heavy (non-hydrogen) atoms. The first-order valence-electron chi connectivity index (χ1n) is 5.63. The molecule has 0 radical (unpaired) electrons. The van der Waals surface area contributed by atoms with E-state index < -0.39 is 5.38 Å². The van der Waals surface area contributed by atoms with Gasteiger partial charge in [0.15, 0.2) is 0 Å². The van der Waals surface area contributed by atoms with Crippen molar-refractivity contribution in [2.75, 3.05) is 0 Å². The van der Waals surface area contributed by atoms with Crippen molar-refractivity contribution in [3.8, 4) is 11.5 Å². The van der Waals surface area contributed by atoms with Gasteiger partial charge in [0, 0.05) is 12.4 Å². The van der Waals surface area contributed by atoms with Crippen molar-refractivity contribution in [3.63, 3.8) is 0 Å². The van der Waals surface area contributed by atoms with Gasteiger partial charge < -0.3 is 4.52 Å². The van der Waals surface area contributed by atoms with Gasteiger partial charge in [0.1, 0.15) is 11.1 Å². The molecule has 1 atom stereocenters. The maximum Gasteiger partial charge on any atom is 0.249 e. The van der Waals surface area contributed by atoms with Crippen LogP contribution in [0.1, 0.15) is 16.8 Å². The normalized spacial score (nSPS) is 12.3. The van der Waals surface area contributed by atoms with E-state index in [1.54, 1.807) is 18.6 Å². The number of alkyl halides is 1. The average molecular weight is 273 g/mol. The standard InChI is InChI=1S/C13H9ClN4O/c14-11(9-4-2-1-3-5-9)13-17-12(18-19-13)10-8-15-6-7-16-10/h1-8,11H. The number of rotatable bonds is 3. The number of aromatic nitrogens is 4. The van der Waals surface area contributed by atoms with E-state index >= 15 is 0 Å². The van der Waals surface area contributed by atoms with Crippen molar-refractivity contribution in [1.82, 2.24) is 20.1 Å². The highest BCUT2D eigenvalue weighted by molar-refractivity contribution is 6.22. The van der Waals surface area contributed by atoms with Crippen LogP contribution in [-0.4, -0.2) is 20.1 Å². The van der Waals surface area contributed by atoms with Crippen LogP contribution in [0.3, 0.4) is 0 Å². The zero-order valence-corrected chi connectivity index (χ0v) is 10.5. The Labute approximate surface area is 114 Å². The van der Waals surface area contributed by atoms with E-state index in [1.165, 1.54) is 0 Å². The molecule has 5 nitrogen and oxygen atoms in total. The summed E-state index contributed by atoms with van der Waals surface area (Å²) in [6.45, 7) is 0. The molecule has 3 rings (SSSR count). The van der Waals surface area contributed by atoms with Crippen LogP contribution >= 0.6 is 11.6 Å². The van der Waals surface area contributed by atoms with Gasteiger partial charge in [-0.2, -0.15) is 4.98 Å². The van der Waals surface area contributed by atoms with Gasteiger partial charge in [-0.05, 0) is 5.56 Å². The van der Waals surface area contributed by atoms with Crippen LogP contribution in [0, 0.1) is 0 Å². The molecular formula is C13H9ClN4O. The highest BCUT2D eigenvalue weighted by atomic mass is 35.5. The molecule has 94 valence electrons. The lowest BCUT2D eigenvalue weighted by molar-refractivity contribution is 0.383. The zero-order chi connectivity index (χ0) is 13.1. The SMILES string of the molecule is ClC(c1ccccc1)c1nc(-c2cnccn2)no1. The number of nitrogens with zero attached hydrogens (tertiary/aromatic N) is 4. The highest BCUT2D eigenvalue weighted by Gasteiger charge is 2.19. The van der Waals surface area contributed by atoms with Gasteiger partial charge in [-0.1, -0.05) is 35.5 Å². The summed E-state index contributed by atoms with van der Waals surface area (Å²) in [6.07, 6.45) is 4.72. The van der Waals surface area contributed by atoms with E-state index in [2.05, 4.69) is 20.1 Å². The van der Waals surface area contributed by atoms with Gasteiger partial charge >= 0.3 is 0 Å². The number of benzene rings is 1. The van der Waals surface area contributed by atoms with Crippen LogP contribution in [-0.2, 0) is 0 Å². The third kappa shape index (κ3) is 2.46. The minimum Gasteiger partial charge on any atom is -0.337 e. The second kappa shape index (κ2) is 5.16. The summed E-state index contributed by atoms with van der Waals surface area (Å²) in [6, 6.07) is 9.55. The molecule has 3 aromatic rings. The number of hydrogen-bond donors (Lipinski definition) is 0. The Balaban J connectivity index is 1.90. The predicted octanol–water partition coefficient (Wildman–Crippen LogP) is 2.85. The Morgan fingerprint density at radius 2 is 1.95 bits per heavy atom. The van der Waals surface area contributed by atoms with Gasteiger partial charge in [-0.15, -0.1) is 11.6 Å². The van der Waals surface area contributed by atoms with E-state index in [1.807, 2.05) is 30.3 Å². The molecule has 0 aliphatic rings. The van der Waals surface area contributed by atoms with Crippen molar-refractivity contribution >= 4 is 11.6 Å². The molecule has 6 heteroatoms. The number of hydrogen-bond acceptors (Lipinski definition) is 5. The van der Waals surface area contributed by atoms with Gasteiger partial charge in [-0.25, -0.2) is 4.98 Å². The van der Waals surface area contributed by atoms with Crippen molar-refractivity contribution in [3.05, 3.63) is 60.4 Å². The maximum absolute atomic E-state index is 6.30. The van der Waals surface area contributed by atoms with Crippen LogP contribution in [0.25, 0.3) is 11.5 Å². The molecule has 1 aromatic carbocycles. The Hall–Kier alpha value is -2.27. The van der Waals surface area contributed by atoms with Crippen molar-refractivity contribution in [2.24, 2.45) is 0 Å². The largest absolute Gasteiger partial charge is 0.337 e. The molecule has 0 aliphatic heterocycles. The summed E-state index contributed by atoms with van der Waals surface area (Å²) in [5.41, 5.74) is 1.45. The second-order valence-electron chi connectivity index (χ2n) is 3.82. The zero-order valence-electron chi connectivity index (χ0n) is 9.77. The maximum atomic E-state index is 6.30. The van der Waals surface area contributed by atoms with Crippen molar-refractivity contribution in [2.45, 2.75) is 5.38 Å². The highest BCUT2D eigenvalue weighted by Crippen LogP contribution is 2.28. The number of halogens is 1. The van der Waals surface area contributed by atoms with Crippen LogP contribution in [0.2, 0.25) is 0 Å². The molecule has 2 heterocycles. The lowest BCUT2D eigenvalue weighted by atomic mass is 10.1. The van der Waals surface area contributed by atoms with E-state index in [0.717, 1.165) is 5.56 Å². The minimum atomic E-state index is -0.473. The van der Waals surface area contributed by atoms with E-state index in [-0.39, 0.29) is 0 Å². The van der Waals surface area contributed by atoms with Crippen LogP contribution in [0.5, 0.6) is 0 Å². The van der Waals surface area contributed by atoms with E-state index in [4.69, 9.17) is 16.1 Å². The molecule has 0 saturated carbocycles. The minimum absolute atomic E-state index is 0.341. The van der Waals surface area contributed by atoms with Crippen LogP contribution in [0.4, 0.5) is 0 Å². The van der Waals surface area contributed by atoms with Gasteiger partial charge in [0.2, 0.25) is 11.7 Å². The third-order valence-corrected chi connectivity index (χ3v) is 2.98. The molecule has 0 N–H and O–H groups in total. The fraction of sp³-hybridized carbons (Fsp3) is 0.0769. The quantitative estimate of drug-likeness (QED) is 0.686. The monoisotopic (exact) mass is 272 g/mol. The summed E-state index contributed by atoms with van der Waals surface area (Å²) in [4.78, 5) is 12.3. The van der Waals surface area contributed by atoms with Gasteiger partial charge in [0.05, 0.1) is 6.20 Å². The topological polar surface area (TPSA) is 64.7 Å². The summed E-state index contributed by atoms with van der Waals surface area (Å²) in [5, 5.41) is 3.39. The first-order valence-corrected chi connectivity index (χ1v) is 6.07. The average Bonchev–Trinajstić information content (AvgIpc) is 2.98. The molecule has 0 spiro atoms. The predicted molar refractivity (Wildman–Crippen MR) is 69.5 cm³/mol. The first-order chi connectivity index (χ1) is 9.34. The lowest BCUT2D eigenvalue weighted by Gasteiger charge is -2.03. The van der Waals surface area contributed by atoms with E-state index in [0.29, 0.717) is 17.4 Å². The molecule has 0 amide bonds. The van der Waals surface area contributed by atoms with E-state index in [9.17, 15) is 0 Å². The fourth-order valence-corrected chi connectivity index (χ4v) is 1.86. The Bertz CT molecular complexity index is 657. The van der Waals surface area contributed by atoms with Gasteiger partial charge in [0.25, 0.3) is 0 Å². The smallest absolute Gasteiger partial charge is 0.249 e. The van der Waals surface area contributed by atoms with Crippen molar-refractivity contribution < 1.29 is 4.52 Å². The first kappa shape index (κ1) is 11.8. The summed E-state index contributed by atoms with van der Waals surface area (Å²) >= 11 is 6.30. The summed E-state index contributed by atoms with van der Waals surface area (Å²) in [5.74, 6) is 0.721. The molecule has 2 aromatic heterocycles. The van der Waals surface area contributed by atoms with Crippen LogP contribution < -0.4 is 0 Å². The Kier molecular flexibility index (Phi) is 3.20. The van der Waals surface area contributed by atoms with Crippen LogP contribution in [0.15, 0.2) is 53.4 Å². The molecule has 0 saturated heterocycles. The lowest BCUT2D eigenvalue weighted by Crippen LogP contribution is -1.93.